The van der Waals surface area contributed by atoms with Crippen LogP contribution >= 0.6 is 0 Å². The summed E-state index contributed by atoms with van der Waals surface area (Å²) >= 11 is 0. The van der Waals surface area contributed by atoms with E-state index in [2.05, 4.69) is 20.9 Å². The van der Waals surface area contributed by atoms with Crippen molar-refractivity contribution in [3.05, 3.63) is 11.9 Å². The van der Waals surface area contributed by atoms with Gasteiger partial charge in [0.05, 0.1) is 28.9 Å². The van der Waals surface area contributed by atoms with Crippen LogP contribution in [-0.4, -0.2) is 53.4 Å². The molecule has 1 unspecified atom stereocenters. The van der Waals surface area contributed by atoms with Crippen LogP contribution in [0.15, 0.2) is 6.20 Å². The smallest absolute Gasteiger partial charge is 0.242 e. The van der Waals surface area contributed by atoms with E-state index in [1.807, 2.05) is 0 Å². The summed E-state index contributed by atoms with van der Waals surface area (Å²) in [5, 5.41) is 13.5. The van der Waals surface area contributed by atoms with E-state index in [9.17, 15) is 13.2 Å². The molecule has 1 fully saturated rings. The lowest BCUT2D eigenvalue weighted by Gasteiger charge is -2.23. The SMILES string of the molecule is CNCc1cn(CC(=O)NC2(C)CCS(=O)(=O)C2)nn1. The summed E-state index contributed by atoms with van der Waals surface area (Å²) in [6.45, 7) is 2.37. The van der Waals surface area contributed by atoms with Crippen LogP contribution in [0.2, 0.25) is 0 Å². The Morgan fingerprint density at radius 3 is 2.90 bits per heavy atom. The molecule has 0 radical (unpaired) electrons. The zero-order valence-corrected chi connectivity index (χ0v) is 12.4. The number of amides is 1. The first-order chi connectivity index (χ1) is 9.32. The third-order valence-electron chi connectivity index (χ3n) is 3.19. The van der Waals surface area contributed by atoms with E-state index in [0.717, 1.165) is 5.69 Å². The van der Waals surface area contributed by atoms with Crippen molar-refractivity contribution in [3.8, 4) is 0 Å². The standard InChI is InChI=1S/C11H19N5O3S/c1-11(3-4-20(18,19)8-11)13-10(17)7-16-6-9(5-12-2)14-15-16/h6,12H,3-5,7-8H2,1-2H3,(H,13,17). The Bertz CT molecular complexity index is 597. The number of carbonyl (C=O) groups excluding carboxylic acids is 1. The molecule has 0 saturated carbocycles. The third-order valence-corrected chi connectivity index (χ3v) is 5.10. The second-order valence-corrected chi connectivity index (χ2v) is 7.57. The maximum Gasteiger partial charge on any atom is 0.242 e. The Hall–Kier alpha value is -1.48. The van der Waals surface area contributed by atoms with Gasteiger partial charge in [0, 0.05) is 6.54 Å². The molecular weight excluding hydrogens is 282 g/mol. The van der Waals surface area contributed by atoms with Gasteiger partial charge in [-0.25, -0.2) is 13.1 Å². The topological polar surface area (TPSA) is 106 Å². The normalized spacial score (nSPS) is 24.7. The van der Waals surface area contributed by atoms with E-state index in [1.165, 1.54) is 4.68 Å². The minimum Gasteiger partial charge on any atom is -0.348 e. The molecule has 1 saturated heterocycles. The fourth-order valence-corrected chi connectivity index (χ4v) is 4.40. The van der Waals surface area contributed by atoms with Crippen molar-refractivity contribution in [1.29, 1.82) is 0 Å². The second-order valence-electron chi connectivity index (χ2n) is 5.39. The van der Waals surface area contributed by atoms with E-state index in [0.29, 0.717) is 13.0 Å². The van der Waals surface area contributed by atoms with Crippen molar-refractivity contribution in [2.75, 3.05) is 18.6 Å². The van der Waals surface area contributed by atoms with Gasteiger partial charge in [-0.2, -0.15) is 0 Å². The summed E-state index contributed by atoms with van der Waals surface area (Å²) in [6.07, 6.45) is 2.13. The zero-order valence-electron chi connectivity index (χ0n) is 11.6. The van der Waals surface area contributed by atoms with Crippen molar-refractivity contribution in [3.63, 3.8) is 0 Å². The summed E-state index contributed by atoms with van der Waals surface area (Å²) < 4.78 is 24.4. The first kappa shape index (κ1) is 14.9. The molecule has 0 aromatic carbocycles. The number of nitrogens with zero attached hydrogens (tertiary/aromatic N) is 3. The van der Waals surface area contributed by atoms with Crippen molar-refractivity contribution >= 4 is 15.7 Å². The van der Waals surface area contributed by atoms with Crippen LogP contribution in [-0.2, 0) is 27.7 Å². The van der Waals surface area contributed by atoms with Gasteiger partial charge in [0.15, 0.2) is 9.84 Å². The van der Waals surface area contributed by atoms with Crippen molar-refractivity contribution in [2.24, 2.45) is 0 Å². The van der Waals surface area contributed by atoms with E-state index in [1.54, 1.807) is 20.2 Å². The fourth-order valence-electron chi connectivity index (χ4n) is 2.31. The molecule has 1 aromatic rings. The van der Waals surface area contributed by atoms with Crippen LogP contribution in [0.3, 0.4) is 0 Å². The highest BCUT2D eigenvalue weighted by atomic mass is 32.2. The van der Waals surface area contributed by atoms with Gasteiger partial charge in [-0.1, -0.05) is 5.21 Å². The lowest BCUT2D eigenvalue weighted by molar-refractivity contribution is -0.123. The molecule has 2 rings (SSSR count). The Kier molecular flexibility index (Phi) is 4.09. The molecular formula is C11H19N5O3S. The van der Waals surface area contributed by atoms with E-state index < -0.39 is 15.4 Å². The van der Waals surface area contributed by atoms with Gasteiger partial charge in [-0.05, 0) is 20.4 Å². The molecule has 0 aliphatic carbocycles. The Balaban J connectivity index is 1.92. The van der Waals surface area contributed by atoms with Crippen molar-refractivity contribution in [1.82, 2.24) is 25.6 Å². The highest BCUT2D eigenvalue weighted by Crippen LogP contribution is 2.22. The number of hydrogen-bond acceptors (Lipinski definition) is 6. The summed E-state index contributed by atoms with van der Waals surface area (Å²) in [5.74, 6) is -0.140. The molecule has 20 heavy (non-hydrogen) atoms. The summed E-state index contributed by atoms with van der Waals surface area (Å²) in [7, 11) is -1.23. The Labute approximate surface area is 117 Å². The molecule has 2 N–H and O–H groups in total. The van der Waals surface area contributed by atoms with Gasteiger partial charge >= 0.3 is 0 Å². The first-order valence-electron chi connectivity index (χ1n) is 6.37. The molecule has 8 nitrogen and oxygen atoms in total. The van der Waals surface area contributed by atoms with Gasteiger partial charge in [0.25, 0.3) is 0 Å². The third kappa shape index (κ3) is 3.76. The molecule has 0 bridgehead atoms. The van der Waals surface area contributed by atoms with Crippen LogP contribution in [0.5, 0.6) is 0 Å². The molecule has 1 amide bonds. The van der Waals surface area contributed by atoms with Crippen LogP contribution in [0.4, 0.5) is 0 Å². The Morgan fingerprint density at radius 2 is 2.30 bits per heavy atom. The van der Waals surface area contributed by atoms with E-state index in [-0.39, 0.29) is 24.0 Å². The number of sulfone groups is 1. The minimum atomic E-state index is -3.03. The lowest BCUT2D eigenvalue weighted by Crippen LogP contribution is -2.48. The maximum atomic E-state index is 11.9. The van der Waals surface area contributed by atoms with Crippen molar-refractivity contribution < 1.29 is 13.2 Å². The number of carbonyl (C=O) groups is 1. The molecule has 1 aliphatic heterocycles. The summed E-state index contributed by atoms with van der Waals surface area (Å²) in [6, 6.07) is 0. The molecule has 112 valence electrons. The molecule has 1 aromatic heterocycles. The van der Waals surface area contributed by atoms with E-state index in [4.69, 9.17) is 0 Å². The summed E-state index contributed by atoms with van der Waals surface area (Å²) in [4.78, 5) is 11.9. The van der Waals surface area contributed by atoms with E-state index >= 15 is 0 Å². The average Bonchev–Trinajstić information content (AvgIpc) is 2.84. The highest BCUT2D eigenvalue weighted by Gasteiger charge is 2.39. The molecule has 2 heterocycles. The van der Waals surface area contributed by atoms with Gasteiger partial charge in [-0.3, -0.25) is 4.79 Å². The first-order valence-corrected chi connectivity index (χ1v) is 8.19. The molecule has 1 atom stereocenters. The predicted octanol–water partition coefficient (Wildman–Crippen LogP) is -1.31. The molecule has 1 aliphatic rings. The van der Waals surface area contributed by atoms with Gasteiger partial charge in [0.1, 0.15) is 6.54 Å². The highest BCUT2D eigenvalue weighted by molar-refractivity contribution is 7.91. The quantitative estimate of drug-likeness (QED) is 0.699. The van der Waals surface area contributed by atoms with Gasteiger partial charge < -0.3 is 10.6 Å². The van der Waals surface area contributed by atoms with Crippen LogP contribution < -0.4 is 10.6 Å². The molecule has 0 spiro atoms. The number of hydrogen-bond donors (Lipinski definition) is 2. The molecule has 9 heteroatoms. The van der Waals surface area contributed by atoms with Crippen LogP contribution in [0.1, 0.15) is 19.0 Å². The predicted molar refractivity (Wildman–Crippen MR) is 72.6 cm³/mol. The average molecular weight is 301 g/mol. The number of aromatic nitrogens is 3. The van der Waals surface area contributed by atoms with Crippen LogP contribution in [0, 0.1) is 0 Å². The second kappa shape index (κ2) is 5.49. The van der Waals surface area contributed by atoms with Gasteiger partial charge in [0.2, 0.25) is 5.91 Å². The zero-order chi connectivity index (χ0) is 14.8. The van der Waals surface area contributed by atoms with Crippen molar-refractivity contribution in [2.45, 2.75) is 32.0 Å². The monoisotopic (exact) mass is 301 g/mol. The minimum absolute atomic E-state index is 0.00585. The Morgan fingerprint density at radius 1 is 1.55 bits per heavy atom. The van der Waals surface area contributed by atoms with Gasteiger partial charge in [-0.15, -0.1) is 5.10 Å². The van der Waals surface area contributed by atoms with Crippen LogP contribution in [0.25, 0.3) is 0 Å². The number of nitrogens with one attached hydrogen (secondary N) is 2. The fraction of sp³-hybridized carbons (Fsp3) is 0.727. The summed E-state index contributed by atoms with van der Waals surface area (Å²) in [5.41, 5.74) is 0.0690. The largest absolute Gasteiger partial charge is 0.348 e. The number of rotatable bonds is 5. The lowest BCUT2D eigenvalue weighted by atomic mass is 10.0. The maximum absolute atomic E-state index is 11.9.